The van der Waals surface area contributed by atoms with Gasteiger partial charge in [0.2, 0.25) is 5.95 Å². The van der Waals surface area contributed by atoms with Gasteiger partial charge < -0.3 is 15.3 Å². The number of fused-ring (bicyclic) bond motifs is 1. The average Bonchev–Trinajstić information content (AvgIpc) is 3.32. The summed E-state index contributed by atoms with van der Waals surface area (Å²) in [6, 6.07) is 4.12. The van der Waals surface area contributed by atoms with E-state index in [4.69, 9.17) is 0 Å². The Labute approximate surface area is 236 Å². The maximum Gasteiger partial charge on any atom is 0.229 e. The molecule has 0 aromatic carbocycles. The molecule has 3 aromatic heterocycles. The lowest BCUT2D eigenvalue weighted by molar-refractivity contribution is 0.127. The zero-order valence-corrected chi connectivity index (χ0v) is 23.6. The average molecular weight is 548 g/mol. The molecular weight excluding hydrogens is 505 g/mol. The second-order valence-corrected chi connectivity index (χ2v) is 12.2. The molecule has 8 nitrogen and oxygen atoms in total. The molecule has 1 atom stereocenters. The maximum atomic E-state index is 14.9. The molecule has 3 aromatic rings. The van der Waals surface area contributed by atoms with Gasteiger partial charge in [-0.2, -0.15) is 5.10 Å². The number of nitrogens with zero attached hydrogens (tertiary/aromatic N) is 6. The lowest BCUT2D eigenvalue weighted by Gasteiger charge is -2.36. The minimum atomic E-state index is -0.440. The number of aromatic nitrogens is 5. The number of anilines is 2. The first-order valence-corrected chi connectivity index (χ1v) is 15.2. The van der Waals surface area contributed by atoms with E-state index in [1.54, 1.807) is 6.20 Å². The van der Waals surface area contributed by atoms with Crippen LogP contribution in [0.25, 0.3) is 11.3 Å². The number of nitrogens with one attached hydrogen (secondary N) is 1. The largest absolute Gasteiger partial charge is 0.396 e. The summed E-state index contributed by atoms with van der Waals surface area (Å²) in [5.41, 5.74) is 3.37. The Kier molecular flexibility index (Phi) is 8.39. The van der Waals surface area contributed by atoms with Gasteiger partial charge in [0, 0.05) is 31.5 Å². The predicted octanol–water partition coefficient (Wildman–Crippen LogP) is 5.88. The third-order valence-corrected chi connectivity index (χ3v) is 9.43. The fourth-order valence-corrected chi connectivity index (χ4v) is 6.99. The van der Waals surface area contributed by atoms with E-state index >= 15 is 0 Å². The van der Waals surface area contributed by atoms with E-state index in [1.807, 2.05) is 16.9 Å². The van der Waals surface area contributed by atoms with Crippen LogP contribution in [-0.2, 0) is 6.54 Å². The molecular formula is C31H42FN7O. The van der Waals surface area contributed by atoms with Gasteiger partial charge >= 0.3 is 0 Å². The Morgan fingerprint density at radius 2 is 1.73 bits per heavy atom. The molecule has 2 aliphatic heterocycles. The van der Waals surface area contributed by atoms with Gasteiger partial charge in [0.25, 0.3) is 0 Å². The van der Waals surface area contributed by atoms with Crippen molar-refractivity contribution in [1.82, 2.24) is 29.6 Å². The lowest BCUT2D eigenvalue weighted by atomic mass is 9.81. The third kappa shape index (κ3) is 6.05. The topological polar surface area (TPSA) is 92.0 Å². The summed E-state index contributed by atoms with van der Waals surface area (Å²) in [5.74, 6) is 2.69. The van der Waals surface area contributed by atoms with E-state index in [0.717, 1.165) is 68.9 Å². The van der Waals surface area contributed by atoms with Crippen LogP contribution < -0.4 is 5.32 Å². The Hall–Kier alpha value is -2.91. The van der Waals surface area contributed by atoms with Gasteiger partial charge in [-0.1, -0.05) is 19.4 Å². The Balaban J connectivity index is 1.06. The first kappa shape index (κ1) is 27.3. The quantitative estimate of drug-likeness (QED) is 0.381. The van der Waals surface area contributed by atoms with Crippen LogP contribution in [0.4, 0.5) is 16.2 Å². The number of halogens is 1. The molecule has 0 bridgehead atoms. The smallest absolute Gasteiger partial charge is 0.229 e. The fraction of sp³-hybridized carbons (Fsp3) is 0.613. The van der Waals surface area contributed by atoms with Crippen LogP contribution in [-0.4, -0.2) is 61.0 Å². The van der Waals surface area contributed by atoms with E-state index in [9.17, 15) is 9.50 Å². The molecule has 9 heteroatoms. The molecule has 3 aliphatic rings. The standard InChI is InChI=1S/C31H42FN7O/c1-21-4-2-3-13-39-30(21)26(17-35-39)29-27(32)18-34-31(37-29)36-28-10-9-25(16-33-28)24-11-14-38(15-12-24)19-22-5-7-23(20-40)8-6-22/h9-10,16-18,21-24,40H,2-8,11-15,19-20H2,1H3,(H,33,34,36,37)/t21-,22?,23?/m1/s1. The fourth-order valence-electron chi connectivity index (χ4n) is 6.99. The third-order valence-electron chi connectivity index (χ3n) is 9.43. The van der Waals surface area contributed by atoms with Crippen LogP contribution in [0.1, 0.15) is 87.8 Å². The molecule has 0 radical (unpaired) electrons. The molecule has 1 saturated carbocycles. The van der Waals surface area contributed by atoms with Crippen molar-refractivity contribution in [3.05, 3.63) is 47.8 Å². The van der Waals surface area contributed by atoms with Crippen LogP contribution in [0.3, 0.4) is 0 Å². The van der Waals surface area contributed by atoms with Gasteiger partial charge in [-0.25, -0.2) is 19.3 Å². The van der Waals surface area contributed by atoms with E-state index in [-0.39, 0.29) is 5.69 Å². The highest BCUT2D eigenvalue weighted by molar-refractivity contribution is 5.64. The summed E-state index contributed by atoms with van der Waals surface area (Å²) >= 11 is 0. The van der Waals surface area contributed by atoms with Crippen LogP contribution in [0.15, 0.2) is 30.7 Å². The number of piperidine rings is 1. The van der Waals surface area contributed by atoms with Crippen LogP contribution >= 0.6 is 0 Å². The van der Waals surface area contributed by atoms with Crippen LogP contribution in [0.2, 0.25) is 0 Å². The molecule has 0 spiro atoms. The second-order valence-electron chi connectivity index (χ2n) is 12.2. The molecule has 1 aliphatic carbocycles. The van der Waals surface area contributed by atoms with Gasteiger partial charge in [0.1, 0.15) is 11.5 Å². The number of likely N-dealkylation sites (tertiary alicyclic amines) is 1. The summed E-state index contributed by atoms with van der Waals surface area (Å²) in [6.07, 6.45) is 15.4. The lowest BCUT2D eigenvalue weighted by Crippen LogP contribution is -2.37. The Morgan fingerprint density at radius 3 is 2.48 bits per heavy atom. The minimum absolute atomic E-state index is 0.289. The Bertz CT molecular complexity index is 1260. The number of hydrogen-bond donors (Lipinski definition) is 2. The second kappa shape index (κ2) is 12.3. The zero-order chi connectivity index (χ0) is 27.5. The van der Waals surface area contributed by atoms with Gasteiger partial charge in [0.05, 0.1) is 18.1 Å². The molecule has 5 heterocycles. The van der Waals surface area contributed by atoms with Gasteiger partial charge in [-0.15, -0.1) is 0 Å². The molecule has 6 rings (SSSR count). The number of aliphatic hydroxyl groups excluding tert-OH is 1. The Morgan fingerprint density at radius 1 is 0.925 bits per heavy atom. The summed E-state index contributed by atoms with van der Waals surface area (Å²) in [7, 11) is 0. The van der Waals surface area contributed by atoms with Crippen molar-refractivity contribution in [2.75, 3.05) is 31.6 Å². The summed E-state index contributed by atoms with van der Waals surface area (Å²) in [4.78, 5) is 16.0. The molecule has 2 fully saturated rings. The summed E-state index contributed by atoms with van der Waals surface area (Å²) < 4.78 is 16.9. The van der Waals surface area contributed by atoms with Crippen LogP contribution in [0.5, 0.6) is 0 Å². The van der Waals surface area contributed by atoms with Gasteiger partial charge in [-0.3, -0.25) is 4.68 Å². The predicted molar refractivity (Wildman–Crippen MR) is 154 cm³/mol. The highest BCUT2D eigenvalue weighted by Gasteiger charge is 2.27. The number of hydrogen-bond acceptors (Lipinski definition) is 7. The molecule has 40 heavy (non-hydrogen) atoms. The number of aryl methyl sites for hydroxylation is 1. The highest BCUT2D eigenvalue weighted by Crippen LogP contribution is 2.35. The van der Waals surface area contributed by atoms with Gasteiger partial charge in [-0.05, 0) is 99.8 Å². The van der Waals surface area contributed by atoms with E-state index < -0.39 is 5.82 Å². The van der Waals surface area contributed by atoms with E-state index in [2.05, 4.69) is 43.3 Å². The minimum Gasteiger partial charge on any atom is -0.396 e. The summed E-state index contributed by atoms with van der Waals surface area (Å²) in [5, 5.41) is 17.1. The van der Waals surface area contributed by atoms with E-state index in [1.165, 1.54) is 44.0 Å². The van der Waals surface area contributed by atoms with Crippen molar-refractivity contribution < 1.29 is 9.50 Å². The van der Waals surface area contributed by atoms with Crippen molar-refractivity contribution >= 4 is 11.8 Å². The molecule has 214 valence electrons. The number of aliphatic hydroxyl groups is 1. The van der Waals surface area contributed by atoms with Gasteiger partial charge in [0.15, 0.2) is 5.82 Å². The van der Waals surface area contributed by atoms with E-state index in [0.29, 0.717) is 36.1 Å². The van der Waals surface area contributed by atoms with Crippen molar-refractivity contribution in [2.24, 2.45) is 11.8 Å². The van der Waals surface area contributed by atoms with Crippen molar-refractivity contribution in [2.45, 2.75) is 83.1 Å². The molecule has 0 amide bonds. The van der Waals surface area contributed by atoms with Crippen molar-refractivity contribution in [1.29, 1.82) is 0 Å². The first-order chi connectivity index (χ1) is 19.6. The number of rotatable bonds is 7. The summed E-state index contributed by atoms with van der Waals surface area (Å²) in [6.45, 7) is 6.86. The normalized spacial score (nSPS) is 24.4. The van der Waals surface area contributed by atoms with Crippen molar-refractivity contribution in [3.8, 4) is 11.3 Å². The monoisotopic (exact) mass is 547 g/mol. The first-order valence-electron chi connectivity index (χ1n) is 15.2. The maximum absolute atomic E-state index is 14.9. The molecule has 1 saturated heterocycles. The van der Waals surface area contributed by atoms with Crippen LogP contribution in [0, 0.1) is 17.7 Å². The molecule has 0 unspecified atom stereocenters. The highest BCUT2D eigenvalue weighted by atomic mass is 19.1. The van der Waals surface area contributed by atoms with Crippen molar-refractivity contribution in [3.63, 3.8) is 0 Å². The zero-order valence-electron chi connectivity index (χ0n) is 23.6. The molecule has 2 N–H and O–H groups in total. The SMILES string of the molecule is C[C@@H]1CCCCn2ncc(-c3nc(Nc4ccc(C5CCN(CC6CCC(CO)CC6)CC5)cn4)ncc3F)c21. The number of pyridine rings is 1.